The molecular formula is C25H30N2OS. The monoisotopic (exact) mass is 406 g/mol. The molecule has 2 aromatic carbocycles. The number of rotatable bonds is 5. The summed E-state index contributed by atoms with van der Waals surface area (Å²) in [5.74, 6) is 1.63. The zero-order chi connectivity index (χ0) is 19.8. The number of fused-ring (bicyclic) bond motifs is 2. The maximum atomic E-state index is 5.86. The normalized spacial score (nSPS) is 22.3. The molecule has 0 saturated carbocycles. The van der Waals surface area contributed by atoms with E-state index in [1.807, 2.05) is 17.8 Å². The van der Waals surface area contributed by atoms with Gasteiger partial charge in [0.15, 0.2) is 0 Å². The predicted molar refractivity (Wildman–Crippen MR) is 121 cm³/mol. The van der Waals surface area contributed by atoms with E-state index in [0.29, 0.717) is 5.92 Å². The van der Waals surface area contributed by atoms with Gasteiger partial charge in [-0.05, 0) is 100 Å². The second-order valence-electron chi connectivity index (χ2n) is 8.75. The molecule has 4 heteroatoms. The van der Waals surface area contributed by atoms with Crippen molar-refractivity contribution in [2.45, 2.75) is 67.4 Å². The lowest BCUT2D eigenvalue weighted by atomic mass is 9.85. The van der Waals surface area contributed by atoms with Gasteiger partial charge in [0.1, 0.15) is 5.75 Å². The summed E-state index contributed by atoms with van der Waals surface area (Å²) in [4.78, 5) is 8.74. The van der Waals surface area contributed by atoms with Gasteiger partial charge in [0.2, 0.25) is 0 Å². The average Bonchev–Trinajstić information content (AvgIpc) is 3.33. The molecule has 152 valence electrons. The van der Waals surface area contributed by atoms with Gasteiger partial charge in [-0.1, -0.05) is 17.8 Å². The zero-order valence-electron chi connectivity index (χ0n) is 17.4. The van der Waals surface area contributed by atoms with Crippen LogP contribution in [0.5, 0.6) is 5.75 Å². The molecule has 1 aromatic heterocycles. The molecule has 29 heavy (non-hydrogen) atoms. The number of H-pyrrole nitrogens is 1. The van der Waals surface area contributed by atoms with Crippen molar-refractivity contribution in [2.75, 3.05) is 13.1 Å². The Morgan fingerprint density at radius 2 is 1.97 bits per heavy atom. The molecule has 2 unspecified atom stereocenters. The van der Waals surface area contributed by atoms with Gasteiger partial charge in [-0.25, -0.2) is 0 Å². The van der Waals surface area contributed by atoms with Crippen LogP contribution in [0.25, 0.3) is 10.9 Å². The van der Waals surface area contributed by atoms with Crippen LogP contribution in [0.3, 0.4) is 0 Å². The highest BCUT2D eigenvalue weighted by Crippen LogP contribution is 2.40. The largest absolute Gasteiger partial charge is 0.491 e. The van der Waals surface area contributed by atoms with Crippen LogP contribution < -0.4 is 4.74 Å². The van der Waals surface area contributed by atoms with E-state index in [4.69, 9.17) is 4.74 Å². The van der Waals surface area contributed by atoms with Gasteiger partial charge in [-0.15, -0.1) is 0 Å². The van der Waals surface area contributed by atoms with E-state index in [9.17, 15) is 0 Å². The topological polar surface area (TPSA) is 28.3 Å². The van der Waals surface area contributed by atoms with Crippen molar-refractivity contribution in [3.8, 4) is 5.75 Å². The van der Waals surface area contributed by atoms with Crippen LogP contribution in [0.4, 0.5) is 0 Å². The number of benzene rings is 2. The molecule has 2 saturated heterocycles. The highest BCUT2D eigenvalue weighted by Gasteiger charge is 2.33. The quantitative estimate of drug-likeness (QED) is 0.528. The van der Waals surface area contributed by atoms with Gasteiger partial charge in [0, 0.05) is 32.9 Å². The Labute approximate surface area is 177 Å². The number of aromatic nitrogens is 1. The molecule has 3 nitrogen and oxygen atoms in total. The number of hydrogen-bond donors (Lipinski definition) is 1. The van der Waals surface area contributed by atoms with Crippen LogP contribution in [-0.2, 0) is 0 Å². The summed E-state index contributed by atoms with van der Waals surface area (Å²) in [6.45, 7) is 6.71. The van der Waals surface area contributed by atoms with E-state index in [-0.39, 0.29) is 6.10 Å². The predicted octanol–water partition coefficient (Wildman–Crippen LogP) is 6.45. The van der Waals surface area contributed by atoms with Gasteiger partial charge in [0.05, 0.1) is 6.10 Å². The second kappa shape index (κ2) is 8.08. The summed E-state index contributed by atoms with van der Waals surface area (Å²) in [7, 11) is 0. The fourth-order valence-corrected chi connectivity index (χ4v) is 5.96. The van der Waals surface area contributed by atoms with Gasteiger partial charge in [-0.2, -0.15) is 0 Å². The van der Waals surface area contributed by atoms with Crippen LogP contribution in [0, 0.1) is 0 Å². The summed E-state index contributed by atoms with van der Waals surface area (Å²) in [6.07, 6.45) is 7.83. The molecule has 2 aliphatic rings. The molecule has 2 fully saturated rings. The SMILES string of the molecule is CC(C)Oc1cccc(Sc2ccc3[nH]cc(C4CCN5CCCC5C4)c3c2)c1. The smallest absolute Gasteiger partial charge is 0.120 e. The lowest BCUT2D eigenvalue weighted by Gasteiger charge is -2.34. The van der Waals surface area contributed by atoms with Crippen molar-refractivity contribution < 1.29 is 4.74 Å². The van der Waals surface area contributed by atoms with Gasteiger partial charge in [-0.3, -0.25) is 0 Å². The standard InChI is InChI=1S/C25H30N2OS/c1-17(2)28-20-6-3-7-21(14-20)29-22-8-9-25-23(15-22)24(16-26-25)18-10-12-27-11-4-5-19(27)13-18/h3,6-9,14-19,26H,4-5,10-13H2,1-2H3. The number of nitrogens with one attached hydrogen (secondary N) is 1. The Morgan fingerprint density at radius 1 is 1.07 bits per heavy atom. The van der Waals surface area contributed by atoms with Crippen molar-refractivity contribution in [1.82, 2.24) is 9.88 Å². The second-order valence-corrected chi connectivity index (χ2v) is 9.90. The molecule has 2 aliphatic heterocycles. The molecule has 0 spiro atoms. The van der Waals surface area contributed by atoms with Gasteiger partial charge < -0.3 is 14.6 Å². The van der Waals surface area contributed by atoms with Gasteiger partial charge >= 0.3 is 0 Å². The molecule has 0 amide bonds. The minimum Gasteiger partial charge on any atom is -0.491 e. The molecule has 0 radical (unpaired) electrons. The van der Waals surface area contributed by atoms with Crippen LogP contribution in [0.1, 0.15) is 51.0 Å². The van der Waals surface area contributed by atoms with Crippen molar-refractivity contribution in [1.29, 1.82) is 0 Å². The van der Waals surface area contributed by atoms with Crippen molar-refractivity contribution >= 4 is 22.7 Å². The Kier molecular flexibility index (Phi) is 5.31. The van der Waals surface area contributed by atoms with E-state index in [2.05, 4.69) is 66.3 Å². The highest BCUT2D eigenvalue weighted by atomic mass is 32.2. The third-order valence-corrected chi connectivity index (χ3v) is 7.34. The molecule has 2 atom stereocenters. The number of piperidine rings is 1. The van der Waals surface area contributed by atoms with E-state index < -0.39 is 0 Å². The minimum atomic E-state index is 0.195. The Bertz CT molecular complexity index is 995. The van der Waals surface area contributed by atoms with Crippen molar-refractivity contribution in [3.05, 3.63) is 54.2 Å². The van der Waals surface area contributed by atoms with Crippen LogP contribution in [0.2, 0.25) is 0 Å². The summed E-state index contributed by atoms with van der Waals surface area (Å²) >= 11 is 1.82. The third-order valence-electron chi connectivity index (χ3n) is 6.36. The first-order valence-corrected chi connectivity index (χ1v) is 11.8. The molecule has 0 aliphatic carbocycles. The average molecular weight is 407 g/mol. The molecule has 1 N–H and O–H groups in total. The number of hydrogen-bond acceptors (Lipinski definition) is 3. The molecule has 3 aromatic rings. The molecule has 3 heterocycles. The Hall–Kier alpha value is -1.91. The third kappa shape index (κ3) is 4.06. The number of ether oxygens (including phenoxy) is 1. The molecule has 5 rings (SSSR count). The Balaban J connectivity index is 1.38. The first-order valence-electron chi connectivity index (χ1n) is 11.0. The number of nitrogens with zero attached hydrogens (tertiary/aromatic N) is 1. The van der Waals surface area contributed by atoms with Crippen LogP contribution >= 0.6 is 11.8 Å². The molecule has 0 bridgehead atoms. The summed E-state index contributed by atoms with van der Waals surface area (Å²) in [6, 6.07) is 16.1. The van der Waals surface area contributed by atoms with E-state index in [1.165, 1.54) is 65.0 Å². The van der Waals surface area contributed by atoms with Crippen LogP contribution in [-0.4, -0.2) is 35.1 Å². The van der Waals surface area contributed by atoms with Gasteiger partial charge in [0.25, 0.3) is 0 Å². The summed E-state index contributed by atoms with van der Waals surface area (Å²) < 4.78 is 5.86. The maximum Gasteiger partial charge on any atom is 0.120 e. The van der Waals surface area contributed by atoms with Crippen molar-refractivity contribution in [2.24, 2.45) is 0 Å². The summed E-state index contributed by atoms with van der Waals surface area (Å²) in [5.41, 5.74) is 2.78. The van der Waals surface area contributed by atoms with Crippen LogP contribution in [0.15, 0.2) is 58.5 Å². The summed E-state index contributed by atoms with van der Waals surface area (Å²) in [5, 5.41) is 1.40. The minimum absolute atomic E-state index is 0.195. The van der Waals surface area contributed by atoms with E-state index >= 15 is 0 Å². The fraction of sp³-hybridized carbons (Fsp3) is 0.440. The molecular weight excluding hydrogens is 376 g/mol. The van der Waals surface area contributed by atoms with E-state index in [0.717, 1.165) is 11.8 Å². The highest BCUT2D eigenvalue weighted by molar-refractivity contribution is 7.99. The van der Waals surface area contributed by atoms with Crippen molar-refractivity contribution in [3.63, 3.8) is 0 Å². The first kappa shape index (κ1) is 19.1. The lowest BCUT2D eigenvalue weighted by molar-refractivity contribution is 0.181. The Morgan fingerprint density at radius 3 is 2.86 bits per heavy atom. The lowest BCUT2D eigenvalue weighted by Crippen LogP contribution is -2.37. The maximum absolute atomic E-state index is 5.86. The van der Waals surface area contributed by atoms with E-state index in [1.54, 1.807) is 0 Å². The zero-order valence-corrected chi connectivity index (χ0v) is 18.2. The fourth-order valence-electron chi connectivity index (χ4n) is 5.05. The first-order chi connectivity index (χ1) is 14.2. The number of aromatic amines is 1.